The lowest BCUT2D eigenvalue weighted by Crippen LogP contribution is -2.20. The van der Waals surface area contributed by atoms with E-state index in [1.165, 1.54) is 24.3 Å². The van der Waals surface area contributed by atoms with Crippen LogP contribution in [0.15, 0.2) is 73.3 Å². The van der Waals surface area contributed by atoms with Gasteiger partial charge in [0, 0.05) is 29.8 Å². The Morgan fingerprint density at radius 2 is 1.44 bits per heavy atom. The second-order valence-corrected chi connectivity index (χ2v) is 7.20. The predicted octanol–water partition coefficient (Wildman–Crippen LogP) is 6.14. The molecule has 186 valence electrons. The summed E-state index contributed by atoms with van der Waals surface area (Å²) in [7, 11) is 0. The number of anilines is 2. The molecule has 0 aliphatic heterocycles. The molecule has 0 unspecified atom stereocenters. The second kappa shape index (κ2) is 9.56. The number of nitrogens with zero attached hydrogens (tertiary/aromatic N) is 4. The normalized spacial score (nSPS) is 11.7. The highest BCUT2D eigenvalue weighted by Crippen LogP contribution is 2.37. The molecular formula is C22H14F6N6O2. The molecule has 8 nitrogen and oxygen atoms in total. The maximum atomic E-state index is 13.0. The molecule has 14 heteroatoms. The van der Waals surface area contributed by atoms with Crippen LogP contribution in [0.1, 0.15) is 11.1 Å². The predicted molar refractivity (Wildman–Crippen MR) is 115 cm³/mol. The van der Waals surface area contributed by atoms with Crippen LogP contribution in [0.5, 0.6) is 11.6 Å². The molecule has 0 saturated carbocycles. The summed E-state index contributed by atoms with van der Waals surface area (Å²) in [5.74, 6) is 1.04. The van der Waals surface area contributed by atoms with Crippen molar-refractivity contribution in [3.05, 3.63) is 84.4 Å². The maximum absolute atomic E-state index is 13.0. The Morgan fingerprint density at radius 1 is 0.806 bits per heavy atom. The Hall–Kier alpha value is -4.62. The molecule has 0 fully saturated rings. The summed E-state index contributed by atoms with van der Waals surface area (Å²) in [6, 6.07) is 8.73. The van der Waals surface area contributed by atoms with Crippen molar-refractivity contribution >= 4 is 17.4 Å². The Labute approximate surface area is 198 Å². The van der Waals surface area contributed by atoms with Gasteiger partial charge in [-0.3, -0.25) is 4.57 Å². The number of alkyl halides is 6. The third-order valence-electron chi connectivity index (χ3n) is 4.58. The average molecular weight is 508 g/mol. The number of ether oxygens (including phenoxy) is 1. The summed E-state index contributed by atoms with van der Waals surface area (Å²) in [6.07, 6.45) is -5.24. The summed E-state index contributed by atoms with van der Waals surface area (Å²) < 4.78 is 85.1. The van der Waals surface area contributed by atoms with Crippen LogP contribution >= 0.6 is 0 Å². The zero-order valence-electron chi connectivity index (χ0n) is 17.8. The minimum atomic E-state index is -5.03. The third kappa shape index (κ3) is 6.08. The quantitative estimate of drug-likeness (QED) is 0.316. The molecule has 0 spiro atoms. The molecule has 0 radical (unpaired) electrons. The van der Waals surface area contributed by atoms with Crippen molar-refractivity contribution in [3.63, 3.8) is 0 Å². The zero-order chi connectivity index (χ0) is 25.9. The van der Waals surface area contributed by atoms with Crippen LogP contribution in [-0.2, 0) is 12.4 Å². The van der Waals surface area contributed by atoms with Gasteiger partial charge in [-0.05, 0) is 48.5 Å². The van der Waals surface area contributed by atoms with E-state index in [0.29, 0.717) is 23.7 Å². The van der Waals surface area contributed by atoms with E-state index >= 15 is 0 Å². The third-order valence-corrected chi connectivity index (χ3v) is 4.58. The fraction of sp³-hybridized carbons (Fsp3) is 0.0909. The summed E-state index contributed by atoms with van der Waals surface area (Å²) in [5.41, 5.74) is -3.57. The summed E-state index contributed by atoms with van der Waals surface area (Å²) >= 11 is 0. The molecule has 0 saturated heterocycles. The number of urea groups is 1. The van der Waals surface area contributed by atoms with E-state index in [1.54, 1.807) is 35.4 Å². The standard InChI is InChI=1S/C22H14F6N6O2/c23-21(24,25)13-9-14(22(26,27)28)11-16(10-13)31-20(35)30-15-1-3-17(4-2-15)36-19-6-5-18(32-33-19)34-8-7-29-12-34/h1-12H,(H2,30,31,35). The molecule has 2 heterocycles. The number of hydrogen-bond acceptors (Lipinski definition) is 5. The fourth-order valence-corrected chi connectivity index (χ4v) is 2.95. The van der Waals surface area contributed by atoms with Gasteiger partial charge in [0.25, 0.3) is 0 Å². The summed E-state index contributed by atoms with van der Waals surface area (Å²) in [6.45, 7) is 0. The van der Waals surface area contributed by atoms with Gasteiger partial charge < -0.3 is 15.4 Å². The van der Waals surface area contributed by atoms with Crippen LogP contribution in [0.25, 0.3) is 5.82 Å². The van der Waals surface area contributed by atoms with Crippen LogP contribution in [0.3, 0.4) is 0 Å². The molecule has 0 aliphatic rings. The molecule has 0 aliphatic carbocycles. The smallest absolute Gasteiger partial charge is 0.416 e. The zero-order valence-corrected chi connectivity index (χ0v) is 17.8. The molecule has 2 amide bonds. The molecule has 0 atom stereocenters. The molecule has 4 aromatic rings. The molecule has 0 bridgehead atoms. The van der Waals surface area contributed by atoms with Crippen LogP contribution in [0.2, 0.25) is 0 Å². The van der Waals surface area contributed by atoms with Gasteiger partial charge in [0.05, 0.1) is 11.1 Å². The molecular weight excluding hydrogens is 494 g/mol. The first-order valence-corrected chi connectivity index (χ1v) is 9.95. The van der Waals surface area contributed by atoms with Crippen molar-refractivity contribution in [2.45, 2.75) is 12.4 Å². The van der Waals surface area contributed by atoms with E-state index in [-0.39, 0.29) is 17.6 Å². The largest absolute Gasteiger partial charge is 0.438 e. The number of benzene rings is 2. The highest BCUT2D eigenvalue weighted by atomic mass is 19.4. The van der Waals surface area contributed by atoms with Crippen molar-refractivity contribution < 1.29 is 35.9 Å². The number of carbonyl (C=O) groups is 1. The van der Waals surface area contributed by atoms with Crippen molar-refractivity contribution in [2.24, 2.45) is 0 Å². The van der Waals surface area contributed by atoms with Crippen molar-refractivity contribution in [1.82, 2.24) is 19.7 Å². The fourth-order valence-electron chi connectivity index (χ4n) is 2.95. The minimum absolute atomic E-state index is 0.0303. The summed E-state index contributed by atoms with van der Waals surface area (Å²) in [5, 5.41) is 12.2. The van der Waals surface area contributed by atoms with Crippen LogP contribution in [0, 0.1) is 0 Å². The Bertz CT molecular complexity index is 1310. The Morgan fingerprint density at radius 3 is 1.97 bits per heavy atom. The molecule has 36 heavy (non-hydrogen) atoms. The lowest BCUT2D eigenvalue weighted by Gasteiger charge is -2.15. The van der Waals surface area contributed by atoms with Gasteiger partial charge in [-0.25, -0.2) is 9.78 Å². The van der Waals surface area contributed by atoms with E-state index in [0.717, 1.165) is 0 Å². The molecule has 4 rings (SSSR count). The number of hydrogen-bond donors (Lipinski definition) is 2. The second-order valence-electron chi connectivity index (χ2n) is 7.20. The van der Waals surface area contributed by atoms with Crippen molar-refractivity contribution in [3.8, 4) is 17.4 Å². The number of carbonyl (C=O) groups excluding carboxylic acids is 1. The molecule has 2 aromatic carbocycles. The molecule has 2 aromatic heterocycles. The first-order chi connectivity index (χ1) is 17.0. The number of nitrogens with one attached hydrogen (secondary N) is 2. The average Bonchev–Trinajstić information content (AvgIpc) is 3.34. The highest BCUT2D eigenvalue weighted by molar-refractivity contribution is 5.99. The van der Waals surface area contributed by atoms with Crippen LogP contribution in [-0.4, -0.2) is 25.8 Å². The van der Waals surface area contributed by atoms with Gasteiger partial charge in [0.1, 0.15) is 12.1 Å². The SMILES string of the molecule is O=C(Nc1ccc(Oc2ccc(-n3ccnc3)nn2)cc1)Nc1cc(C(F)(F)F)cc(C(F)(F)F)c1. The summed E-state index contributed by atoms with van der Waals surface area (Å²) in [4.78, 5) is 16.1. The number of halogens is 6. The topological polar surface area (TPSA) is 94.0 Å². The number of rotatable bonds is 5. The van der Waals surface area contributed by atoms with Crippen molar-refractivity contribution in [1.29, 1.82) is 0 Å². The van der Waals surface area contributed by atoms with Gasteiger partial charge in [0.2, 0.25) is 5.88 Å². The lowest BCUT2D eigenvalue weighted by molar-refractivity contribution is -0.143. The van der Waals surface area contributed by atoms with Gasteiger partial charge >= 0.3 is 18.4 Å². The first-order valence-electron chi connectivity index (χ1n) is 9.95. The number of imidazole rings is 1. The van der Waals surface area contributed by atoms with Gasteiger partial charge in [0.15, 0.2) is 5.82 Å². The van der Waals surface area contributed by atoms with E-state index in [9.17, 15) is 31.1 Å². The maximum Gasteiger partial charge on any atom is 0.416 e. The van der Waals surface area contributed by atoms with Crippen LogP contribution < -0.4 is 15.4 Å². The van der Waals surface area contributed by atoms with E-state index in [4.69, 9.17) is 4.74 Å². The van der Waals surface area contributed by atoms with Crippen LogP contribution in [0.4, 0.5) is 42.5 Å². The van der Waals surface area contributed by atoms with Gasteiger partial charge in [-0.1, -0.05) is 0 Å². The number of aromatic nitrogens is 4. The highest BCUT2D eigenvalue weighted by Gasteiger charge is 2.37. The van der Waals surface area contributed by atoms with E-state index < -0.39 is 35.2 Å². The monoisotopic (exact) mass is 508 g/mol. The van der Waals surface area contributed by atoms with Crippen molar-refractivity contribution in [2.75, 3.05) is 10.6 Å². The first kappa shape index (κ1) is 24.5. The molecule has 2 N–H and O–H groups in total. The minimum Gasteiger partial charge on any atom is -0.438 e. The Balaban J connectivity index is 1.40. The van der Waals surface area contributed by atoms with Gasteiger partial charge in [-0.2, -0.15) is 26.3 Å². The van der Waals surface area contributed by atoms with E-state index in [1.807, 2.05) is 5.32 Å². The Kier molecular flexibility index (Phi) is 6.51. The van der Waals surface area contributed by atoms with E-state index in [2.05, 4.69) is 20.5 Å². The lowest BCUT2D eigenvalue weighted by atomic mass is 10.1. The number of amides is 2. The van der Waals surface area contributed by atoms with Gasteiger partial charge in [-0.15, -0.1) is 10.2 Å².